The van der Waals surface area contributed by atoms with Crippen molar-refractivity contribution < 1.29 is 9.53 Å². The molecule has 1 aliphatic rings. The monoisotopic (exact) mass is 559 g/mol. The predicted octanol–water partition coefficient (Wildman–Crippen LogP) is 4.16. The number of nitrogens with zero attached hydrogens (tertiary/aromatic N) is 2. The first-order valence-corrected chi connectivity index (χ1v) is 11.4. The molecule has 1 aromatic rings. The van der Waals surface area contributed by atoms with Gasteiger partial charge in [0.2, 0.25) is 0 Å². The molecule has 32 heavy (non-hydrogen) atoms. The first kappa shape index (κ1) is 28.5. The van der Waals surface area contributed by atoms with Crippen molar-refractivity contribution in [1.82, 2.24) is 20.9 Å². The molecule has 182 valence electrons. The Bertz CT molecular complexity index is 698. The van der Waals surface area contributed by atoms with E-state index in [9.17, 15) is 4.79 Å². The fraction of sp³-hybridized carbons (Fsp3) is 0.667. The Morgan fingerprint density at radius 3 is 2.34 bits per heavy atom. The Hall–Kier alpha value is -1.55. The van der Waals surface area contributed by atoms with Gasteiger partial charge in [-0.15, -0.1) is 24.0 Å². The topological polar surface area (TPSA) is 78.0 Å². The zero-order valence-electron chi connectivity index (χ0n) is 20.5. The van der Waals surface area contributed by atoms with E-state index >= 15 is 0 Å². The summed E-state index contributed by atoms with van der Waals surface area (Å²) in [6, 6.07) is 10.1. The molecule has 0 aromatic heterocycles. The van der Waals surface area contributed by atoms with Gasteiger partial charge in [0.15, 0.2) is 5.96 Å². The number of carbonyl (C=O) groups excluding carboxylic acids is 1. The second-order valence-electron chi connectivity index (χ2n) is 9.68. The van der Waals surface area contributed by atoms with Gasteiger partial charge in [0.1, 0.15) is 5.60 Å². The first-order valence-electron chi connectivity index (χ1n) is 11.4. The van der Waals surface area contributed by atoms with Crippen LogP contribution in [0.1, 0.15) is 59.1 Å². The fourth-order valence-electron chi connectivity index (χ4n) is 3.75. The Kier molecular flexibility index (Phi) is 12.3. The minimum absolute atomic E-state index is 0. The van der Waals surface area contributed by atoms with Crippen molar-refractivity contribution >= 4 is 36.0 Å². The summed E-state index contributed by atoms with van der Waals surface area (Å²) in [5.74, 6) is 1.46. The quantitative estimate of drug-likeness (QED) is 0.266. The summed E-state index contributed by atoms with van der Waals surface area (Å²) in [6.45, 7) is 14.0. The van der Waals surface area contributed by atoms with Crippen LogP contribution in [-0.4, -0.2) is 61.8 Å². The van der Waals surface area contributed by atoms with Crippen molar-refractivity contribution in [2.45, 2.75) is 65.1 Å². The summed E-state index contributed by atoms with van der Waals surface area (Å²) in [6.07, 6.45) is 1.78. The van der Waals surface area contributed by atoms with Crippen LogP contribution in [0.5, 0.6) is 0 Å². The highest BCUT2D eigenvalue weighted by molar-refractivity contribution is 14.0. The summed E-state index contributed by atoms with van der Waals surface area (Å²) < 4.78 is 5.45. The molecule has 3 N–H and O–H groups in total. The number of ether oxygens (including phenoxy) is 1. The third kappa shape index (κ3) is 10.8. The van der Waals surface area contributed by atoms with E-state index in [4.69, 9.17) is 4.74 Å². The van der Waals surface area contributed by atoms with E-state index in [1.54, 1.807) is 7.05 Å². The number of piperidine rings is 1. The lowest BCUT2D eigenvalue weighted by atomic mass is 10.0. The van der Waals surface area contributed by atoms with Crippen LogP contribution < -0.4 is 16.0 Å². The number of likely N-dealkylation sites (tertiary alicyclic amines) is 1. The number of hydrogen-bond acceptors (Lipinski definition) is 4. The molecule has 1 aromatic carbocycles. The summed E-state index contributed by atoms with van der Waals surface area (Å²) in [4.78, 5) is 19.3. The number of rotatable bonds is 7. The molecule has 1 aliphatic heterocycles. The number of halogens is 1. The van der Waals surface area contributed by atoms with Crippen molar-refractivity contribution in [2.24, 2.45) is 10.9 Å². The molecule has 0 bridgehead atoms. The van der Waals surface area contributed by atoms with Gasteiger partial charge >= 0.3 is 6.09 Å². The number of alkyl carbamates (subject to hydrolysis) is 1. The molecular formula is C24H42IN5O2. The van der Waals surface area contributed by atoms with Gasteiger partial charge in [0.25, 0.3) is 0 Å². The van der Waals surface area contributed by atoms with Gasteiger partial charge in [0.05, 0.1) is 6.04 Å². The van der Waals surface area contributed by atoms with E-state index in [1.807, 2.05) is 51.1 Å². The van der Waals surface area contributed by atoms with E-state index in [2.05, 4.69) is 39.7 Å². The van der Waals surface area contributed by atoms with Gasteiger partial charge in [-0.05, 0) is 45.1 Å². The van der Waals surface area contributed by atoms with Crippen LogP contribution in [0.15, 0.2) is 35.3 Å². The highest BCUT2D eigenvalue weighted by atomic mass is 127. The van der Waals surface area contributed by atoms with Crippen LogP contribution >= 0.6 is 24.0 Å². The average molecular weight is 560 g/mol. The van der Waals surface area contributed by atoms with Crippen molar-refractivity contribution in [3.8, 4) is 0 Å². The molecule has 1 fully saturated rings. The Labute approximate surface area is 211 Å². The van der Waals surface area contributed by atoms with Gasteiger partial charge in [-0.1, -0.05) is 44.2 Å². The normalized spacial score (nSPS) is 16.8. The van der Waals surface area contributed by atoms with Crippen molar-refractivity contribution in [3.05, 3.63) is 35.9 Å². The SMILES string of the molecule is CN=C(NCC(NC(=O)OC(C)(C)C)c1ccccc1)NC1CCN(CC(C)C)CC1.I. The Morgan fingerprint density at radius 1 is 1.19 bits per heavy atom. The minimum Gasteiger partial charge on any atom is -0.444 e. The maximum absolute atomic E-state index is 12.4. The number of aliphatic imine (C=N–C) groups is 1. The molecule has 2 rings (SSSR count). The molecule has 1 saturated heterocycles. The highest BCUT2D eigenvalue weighted by Gasteiger charge is 2.23. The van der Waals surface area contributed by atoms with Crippen LogP contribution in [0.2, 0.25) is 0 Å². The van der Waals surface area contributed by atoms with E-state index in [0.717, 1.165) is 44.0 Å². The summed E-state index contributed by atoms with van der Waals surface area (Å²) in [5, 5.41) is 9.91. The van der Waals surface area contributed by atoms with Gasteiger partial charge in [-0.25, -0.2) is 4.79 Å². The number of guanidine groups is 1. The van der Waals surface area contributed by atoms with Gasteiger partial charge in [-0.2, -0.15) is 0 Å². The number of benzene rings is 1. The minimum atomic E-state index is -0.541. The highest BCUT2D eigenvalue weighted by Crippen LogP contribution is 2.15. The second kappa shape index (κ2) is 13.9. The molecule has 1 amide bonds. The molecule has 7 nitrogen and oxygen atoms in total. The smallest absolute Gasteiger partial charge is 0.408 e. The summed E-state index contributed by atoms with van der Waals surface area (Å²) in [5.41, 5.74) is 0.471. The van der Waals surface area contributed by atoms with Crippen LogP contribution in [0.25, 0.3) is 0 Å². The molecular weight excluding hydrogens is 517 g/mol. The number of nitrogens with one attached hydrogen (secondary N) is 3. The average Bonchev–Trinajstić information content (AvgIpc) is 2.70. The lowest BCUT2D eigenvalue weighted by molar-refractivity contribution is 0.0504. The van der Waals surface area contributed by atoms with Crippen LogP contribution in [0.3, 0.4) is 0 Å². The standard InChI is InChI=1S/C24H41N5O2.HI/c1-18(2)17-29-14-12-20(13-15-29)27-22(25-6)26-16-21(19-10-8-7-9-11-19)28-23(30)31-24(3,4)5;/h7-11,18,20-21H,12-17H2,1-6H3,(H,28,30)(H2,25,26,27);1H. The van der Waals surface area contributed by atoms with E-state index in [1.165, 1.54) is 0 Å². The Balaban J connectivity index is 0.00000512. The van der Waals surface area contributed by atoms with Gasteiger partial charge in [-0.3, -0.25) is 4.99 Å². The largest absolute Gasteiger partial charge is 0.444 e. The van der Waals surface area contributed by atoms with Crippen LogP contribution in [0.4, 0.5) is 4.79 Å². The summed E-state index contributed by atoms with van der Waals surface area (Å²) in [7, 11) is 1.78. The molecule has 0 aliphatic carbocycles. The van der Waals surface area contributed by atoms with E-state index in [-0.39, 0.29) is 30.0 Å². The number of carbonyl (C=O) groups is 1. The third-order valence-electron chi connectivity index (χ3n) is 5.14. The molecule has 0 radical (unpaired) electrons. The maximum atomic E-state index is 12.4. The summed E-state index contributed by atoms with van der Waals surface area (Å²) >= 11 is 0. The molecule has 1 atom stereocenters. The number of hydrogen-bond donors (Lipinski definition) is 3. The second-order valence-corrected chi connectivity index (χ2v) is 9.68. The van der Waals surface area contributed by atoms with Gasteiger partial charge < -0.3 is 25.6 Å². The lowest BCUT2D eigenvalue weighted by Gasteiger charge is -2.34. The van der Waals surface area contributed by atoms with Crippen molar-refractivity contribution in [2.75, 3.05) is 33.2 Å². The zero-order valence-corrected chi connectivity index (χ0v) is 22.8. The number of amides is 1. The molecule has 8 heteroatoms. The van der Waals surface area contributed by atoms with E-state index < -0.39 is 11.7 Å². The molecule has 1 heterocycles. The van der Waals surface area contributed by atoms with Crippen molar-refractivity contribution in [1.29, 1.82) is 0 Å². The molecule has 0 saturated carbocycles. The first-order chi connectivity index (χ1) is 14.7. The Morgan fingerprint density at radius 2 is 1.81 bits per heavy atom. The third-order valence-corrected chi connectivity index (χ3v) is 5.14. The van der Waals surface area contributed by atoms with Crippen molar-refractivity contribution in [3.63, 3.8) is 0 Å². The molecule has 1 unspecified atom stereocenters. The van der Waals surface area contributed by atoms with Crippen LogP contribution in [-0.2, 0) is 4.74 Å². The predicted molar refractivity (Wildman–Crippen MR) is 143 cm³/mol. The maximum Gasteiger partial charge on any atom is 0.408 e. The molecule has 0 spiro atoms. The van der Waals surface area contributed by atoms with E-state index in [0.29, 0.717) is 18.5 Å². The van der Waals surface area contributed by atoms with Crippen LogP contribution in [0, 0.1) is 5.92 Å². The lowest BCUT2D eigenvalue weighted by Crippen LogP contribution is -2.50. The van der Waals surface area contributed by atoms with Gasteiger partial charge in [0, 0.05) is 39.3 Å². The zero-order chi connectivity index (χ0) is 22.9. The fourth-order valence-corrected chi connectivity index (χ4v) is 3.75.